The van der Waals surface area contributed by atoms with Crippen LogP contribution in [0.4, 0.5) is 0 Å². The maximum atomic E-state index is 3.71. The highest BCUT2D eigenvalue weighted by Crippen LogP contribution is 2.40. The van der Waals surface area contributed by atoms with Crippen LogP contribution in [0.3, 0.4) is 0 Å². The summed E-state index contributed by atoms with van der Waals surface area (Å²) in [6, 6.07) is 1.52. The van der Waals surface area contributed by atoms with Crippen molar-refractivity contribution in [1.29, 1.82) is 0 Å². The first-order valence-corrected chi connectivity index (χ1v) is 7.94. The molecule has 0 unspecified atom stereocenters. The smallest absolute Gasteiger partial charge is 0.00936 e. The molecule has 0 amide bonds. The average Bonchev–Trinajstić information content (AvgIpc) is 3.14. The van der Waals surface area contributed by atoms with Crippen LogP contribution in [0.5, 0.6) is 0 Å². The lowest BCUT2D eigenvalue weighted by molar-refractivity contribution is 0.0934. The van der Waals surface area contributed by atoms with Gasteiger partial charge in [-0.2, -0.15) is 0 Å². The lowest BCUT2D eigenvalue weighted by Crippen LogP contribution is -2.47. The molecule has 0 bridgehead atoms. The van der Waals surface area contributed by atoms with Crippen molar-refractivity contribution < 1.29 is 0 Å². The molecule has 0 atom stereocenters. The summed E-state index contributed by atoms with van der Waals surface area (Å²) in [5.41, 5.74) is 0.550. The van der Waals surface area contributed by atoms with E-state index in [1.54, 1.807) is 0 Å². The third-order valence-electron chi connectivity index (χ3n) is 4.98. The minimum atomic E-state index is 0.550. The molecular formula is C16H32N2. The summed E-state index contributed by atoms with van der Waals surface area (Å²) in [7, 11) is 2.34. The summed E-state index contributed by atoms with van der Waals surface area (Å²) in [6.45, 7) is 9.48. The SMILES string of the molecule is CC1CCC(CNC(C)C)(CN(C)C2CC2)CC1. The van der Waals surface area contributed by atoms with Crippen LogP contribution >= 0.6 is 0 Å². The molecule has 106 valence electrons. The predicted molar refractivity (Wildman–Crippen MR) is 78.9 cm³/mol. The van der Waals surface area contributed by atoms with E-state index in [4.69, 9.17) is 0 Å². The summed E-state index contributed by atoms with van der Waals surface area (Å²) in [4.78, 5) is 2.64. The van der Waals surface area contributed by atoms with Gasteiger partial charge in [0.2, 0.25) is 0 Å². The van der Waals surface area contributed by atoms with Gasteiger partial charge in [0.05, 0.1) is 0 Å². The van der Waals surface area contributed by atoms with Crippen LogP contribution in [-0.4, -0.2) is 37.1 Å². The van der Waals surface area contributed by atoms with Gasteiger partial charge in [0.15, 0.2) is 0 Å². The molecule has 2 aliphatic carbocycles. The number of rotatable bonds is 6. The summed E-state index contributed by atoms with van der Waals surface area (Å²) in [6.07, 6.45) is 8.56. The van der Waals surface area contributed by atoms with Gasteiger partial charge in [0.25, 0.3) is 0 Å². The van der Waals surface area contributed by atoms with Crippen molar-refractivity contribution in [3.63, 3.8) is 0 Å². The fourth-order valence-corrected chi connectivity index (χ4v) is 3.36. The van der Waals surface area contributed by atoms with Crippen LogP contribution in [0, 0.1) is 11.3 Å². The Hall–Kier alpha value is -0.0800. The number of nitrogens with one attached hydrogen (secondary N) is 1. The second kappa shape index (κ2) is 5.92. The van der Waals surface area contributed by atoms with Gasteiger partial charge in [-0.15, -0.1) is 0 Å². The Morgan fingerprint density at radius 1 is 1.17 bits per heavy atom. The molecular weight excluding hydrogens is 220 g/mol. The Bertz CT molecular complexity index is 250. The molecule has 0 heterocycles. The normalized spacial score (nSPS) is 33.3. The minimum Gasteiger partial charge on any atom is -0.314 e. The summed E-state index contributed by atoms with van der Waals surface area (Å²) >= 11 is 0. The third-order valence-corrected chi connectivity index (χ3v) is 4.98. The van der Waals surface area contributed by atoms with Gasteiger partial charge in [0, 0.05) is 25.2 Å². The molecule has 0 aromatic rings. The lowest BCUT2D eigenvalue weighted by atomic mass is 9.70. The Morgan fingerprint density at radius 2 is 1.78 bits per heavy atom. The zero-order valence-corrected chi connectivity index (χ0v) is 12.8. The van der Waals surface area contributed by atoms with Crippen LogP contribution in [0.25, 0.3) is 0 Å². The fraction of sp³-hybridized carbons (Fsp3) is 1.00. The van der Waals surface area contributed by atoms with Gasteiger partial charge in [-0.1, -0.05) is 33.6 Å². The number of nitrogens with zero attached hydrogens (tertiary/aromatic N) is 1. The molecule has 0 aromatic carbocycles. The van der Waals surface area contributed by atoms with Crippen molar-refractivity contribution in [1.82, 2.24) is 10.2 Å². The Balaban J connectivity index is 1.92. The van der Waals surface area contributed by atoms with Crippen LogP contribution in [0.15, 0.2) is 0 Å². The first kappa shape index (κ1) is 14.3. The second-order valence-electron chi connectivity index (χ2n) is 7.36. The molecule has 2 saturated carbocycles. The highest BCUT2D eigenvalue weighted by molar-refractivity contribution is 4.93. The van der Waals surface area contributed by atoms with E-state index < -0.39 is 0 Å². The van der Waals surface area contributed by atoms with E-state index in [0.29, 0.717) is 11.5 Å². The van der Waals surface area contributed by atoms with Gasteiger partial charge in [0.1, 0.15) is 0 Å². The van der Waals surface area contributed by atoms with Gasteiger partial charge >= 0.3 is 0 Å². The van der Waals surface area contributed by atoms with Gasteiger partial charge in [-0.3, -0.25) is 0 Å². The van der Waals surface area contributed by atoms with Crippen LogP contribution in [0.1, 0.15) is 59.3 Å². The van der Waals surface area contributed by atoms with Crippen LogP contribution in [-0.2, 0) is 0 Å². The maximum absolute atomic E-state index is 3.71. The molecule has 0 saturated heterocycles. The lowest BCUT2D eigenvalue weighted by Gasteiger charge is -2.43. The highest BCUT2D eigenvalue weighted by atomic mass is 15.2. The molecule has 0 aromatic heterocycles. The molecule has 2 heteroatoms. The molecule has 1 N–H and O–H groups in total. The van der Waals surface area contributed by atoms with Crippen molar-refractivity contribution >= 4 is 0 Å². The van der Waals surface area contributed by atoms with Crippen LogP contribution < -0.4 is 5.32 Å². The van der Waals surface area contributed by atoms with Crippen molar-refractivity contribution in [2.24, 2.45) is 11.3 Å². The second-order valence-corrected chi connectivity index (χ2v) is 7.36. The van der Waals surface area contributed by atoms with Crippen molar-refractivity contribution in [3.8, 4) is 0 Å². The molecule has 0 aliphatic heterocycles. The minimum absolute atomic E-state index is 0.550. The third kappa shape index (κ3) is 3.96. The first-order chi connectivity index (χ1) is 8.51. The van der Waals surface area contributed by atoms with E-state index in [2.05, 4.69) is 38.0 Å². The molecule has 2 nitrogen and oxygen atoms in total. The molecule has 2 aliphatic rings. The molecule has 0 spiro atoms. The van der Waals surface area contributed by atoms with E-state index in [1.165, 1.54) is 51.6 Å². The highest BCUT2D eigenvalue weighted by Gasteiger charge is 2.38. The standard InChI is InChI=1S/C16H32N2/c1-13(2)17-11-16(9-7-14(3)8-10-16)12-18(4)15-5-6-15/h13-15,17H,5-12H2,1-4H3. The van der Waals surface area contributed by atoms with E-state index in [9.17, 15) is 0 Å². The van der Waals surface area contributed by atoms with Crippen molar-refractivity contribution in [2.75, 3.05) is 20.1 Å². The monoisotopic (exact) mass is 252 g/mol. The van der Waals surface area contributed by atoms with E-state index in [0.717, 1.165) is 12.0 Å². The zero-order chi connectivity index (χ0) is 13.2. The first-order valence-electron chi connectivity index (χ1n) is 7.94. The number of hydrogen-bond donors (Lipinski definition) is 1. The Kier molecular flexibility index (Phi) is 4.71. The van der Waals surface area contributed by atoms with Gasteiger partial charge < -0.3 is 10.2 Å². The topological polar surface area (TPSA) is 15.3 Å². The zero-order valence-electron chi connectivity index (χ0n) is 12.8. The van der Waals surface area contributed by atoms with Crippen LogP contribution in [0.2, 0.25) is 0 Å². The summed E-state index contributed by atoms with van der Waals surface area (Å²) in [5.74, 6) is 0.948. The Labute approximate surface area is 114 Å². The summed E-state index contributed by atoms with van der Waals surface area (Å²) in [5, 5.41) is 3.71. The molecule has 2 fully saturated rings. The van der Waals surface area contributed by atoms with Gasteiger partial charge in [-0.05, 0) is 44.1 Å². The van der Waals surface area contributed by atoms with E-state index in [1.807, 2.05) is 0 Å². The predicted octanol–water partition coefficient (Wildman–Crippen LogP) is 3.28. The van der Waals surface area contributed by atoms with E-state index in [-0.39, 0.29) is 0 Å². The average molecular weight is 252 g/mol. The molecule has 18 heavy (non-hydrogen) atoms. The largest absolute Gasteiger partial charge is 0.314 e. The van der Waals surface area contributed by atoms with Gasteiger partial charge in [-0.25, -0.2) is 0 Å². The Morgan fingerprint density at radius 3 is 2.28 bits per heavy atom. The molecule has 2 rings (SSSR count). The van der Waals surface area contributed by atoms with Crippen molar-refractivity contribution in [3.05, 3.63) is 0 Å². The number of hydrogen-bond acceptors (Lipinski definition) is 2. The fourth-order valence-electron chi connectivity index (χ4n) is 3.36. The molecule has 0 radical (unpaired) electrons. The van der Waals surface area contributed by atoms with Crippen molar-refractivity contribution in [2.45, 2.75) is 71.4 Å². The van der Waals surface area contributed by atoms with E-state index >= 15 is 0 Å². The maximum Gasteiger partial charge on any atom is 0.00936 e. The quantitative estimate of drug-likeness (QED) is 0.780. The summed E-state index contributed by atoms with van der Waals surface area (Å²) < 4.78 is 0.